The van der Waals surface area contributed by atoms with E-state index in [9.17, 15) is 14.9 Å². The Kier molecular flexibility index (Phi) is 4.58. The first-order valence-electron chi connectivity index (χ1n) is 4.98. The van der Waals surface area contributed by atoms with Gasteiger partial charge in [-0.1, -0.05) is 0 Å². The Morgan fingerprint density at radius 3 is 2.56 bits per heavy atom. The van der Waals surface area contributed by atoms with Gasteiger partial charge in [0.1, 0.15) is 0 Å². The summed E-state index contributed by atoms with van der Waals surface area (Å²) in [5, 5.41) is 19.3. The molecular weight excluding hydrogens is 236 g/mol. The number of non-ortho nitro benzene ring substituents is 1. The van der Waals surface area contributed by atoms with Gasteiger partial charge in [-0.25, -0.2) is 0 Å². The lowest BCUT2D eigenvalue weighted by Crippen LogP contribution is -2.00. The average molecular weight is 246 g/mol. The van der Waals surface area contributed by atoms with Crippen LogP contribution in [0.25, 0.3) is 6.08 Å². The quantitative estimate of drug-likeness (QED) is 0.351. The minimum atomic E-state index is -0.510. The normalized spacial score (nSPS) is 10.6. The number of nitro benzene ring substituents is 1. The van der Waals surface area contributed by atoms with Crippen LogP contribution in [0.2, 0.25) is 0 Å². The molecule has 0 N–H and O–H groups in total. The minimum Gasteiger partial charge on any atom is -0.469 e. The fraction of sp³-hybridized carbons (Fsp3) is 0.167. The maximum absolute atomic E-state index is 11.0. The standard InChI is InChI=1S/C12H10N2O4/c1-18-12(15)7-10(8-13)6-9-2-4-11(5-3-9)14(16)17/h2-6H,7H2,1H3/b10-6-. The van der Waals surface area contributed by atoms with Crippen LogP contribution in [0.1, 0.15) is 12.0 Å². The zero-order valence-corrected chi connectivity index (χ0v) is 9.62. The molecule has 0 amide bonds. The van der Waals surface area contributed by atoms with Crippen molar-refractivity contribution in [3.05, 3.63) is 45.5 Å². The number of rotatable bonds is 4. The number of nitriles is 1. The van der Waals surface area contributed by atoms with Gasteiger partial charge in [0.05, 0.1) is 24.5 Å². The molecule has 0 aliphatic heterocycles. The molecular formula is C12H10N2O4. The summed E-state index contributed by atoms with van der Waals surface area (Å²) in [4.78, 5) is 21.0. The summed E-state index contributed by atoms with van der Waals surface area (Å²) in [6, 6.07) is 7.56. The van der Waals surface area contributed by atoms with Gasteiger partial charge in [0.25, 0.3) is 5.69 Å². The maximum Gasteiger partial charge on any atom is 0.310 e. The zero-order valence-electron chi connectivity index (χ0n) is 9.62. The summed E-state index contributed by atoms with van der Waals surface area (Å²) in [6.07, 6.45) is 1.37. The fourth-order valence-electron chi connectivity index (χ4n) is 1.24. The number of benzene rings is 1. The molecule has 1 aromatic rings. The van der Waals surface area contributed by atoms with E-state index in [0.717, 1.165) is 0 Å². The molecule has 0 fully saturated rings. The first-order valence-corrected chi connectivity index (χ1v) is 4.98. The molecule has 92 valence electrons. The van der Waals surface area contributed by atoms with Gasteiger partial charge in [-0.05, 0) is 23.8 Å². The van der Waals surface area contributed by atoms with E-state index in [1.807, 2.05) is 6.07 Å². The third-order valence-corrected chi connectivity index (χ3v) is 2.15. The summed E-state index contributed by atoms with van der Waals surface area (Å²) < 4.78 is 4.45. The smallest absolute Gasteiger partial charge is 0.310 e. The molecule has 0 heterocycles. The van der Waals surface area contributed by atoms with E-state index in [1.54, 1.807) is 0 Å². The molecule has 0 saturated carbocycles. The molecule has 6 nitrogen and oxygen atoms in total. The third-order valence-electron chi connectivity index (χ3n) is 2.15. The first-order chi connectivity index (χ1) is 8.56. The van der Waals surface area contributed by atoms with Crippen LogP contribution in [0.4, 0.5) is 5.69 Å². The molecule has 0 spiro atoms. The van der Waals surface area contributed by atoms with E-state index in [-0.39, 0.29) is 17.7 Å². The Bertz CT molecular complexity index is 526. The van der Waals surface area contributed by atoms with Crippen molar-refractivity contribution in [2.45, 2.75) is 6.42 Å². The lowest BCUT2D eigenvalue weighted by Gasteiger charge is -1.98. The van der Waals surface area contributed by atoms with Crippen molar-refractivity contribution < 1.29 is 14.5 Å². The number of hydrogen-bond donors (Lipinski definition) is 0. The predicted octanol–water partition coefficient (Wildman–Crippen LogP) is 2.06. The summed E-state index contributed by atoms with van der Waals surface area (Å²) in [5.74, 6) is -0.510. The molecule has 0 radical (unpaired) electrons. The van der Waals surface area contributed by atoms with Crippen molar-refractivity contribution in [1.29, 1.82) is 5.26 Å². The molecule has 6 heteroatoms. The summed E-state index contributed by atoms with van der Waals surface area (Å²) >= 11 is 0. The van der Waals surface area contributed by atoms with E-state index in [4.69, 9.17) is 5.26 Å². The van der Waals surface area contributed by atoms with E-state index in [1.165, 1.54) is 37.5 Å². The number of nitro groups is 1. The topological polar surface area (TPSA) is 93.2 Å². The van der Waals surface area contributed by atoms with Gasteiger partial charge in [-0.15, -0.1) is 0 Å². The Labute approximate surface area is 103 Å². The van der Waals surface area contributed by atoms with Crippen molar-refractivity contribution in [2.24, 2.45) is 0 Å². The molecule has 0 bridgehead atoms. The van der Waals surface area contributed by atoms with Crippen molar-refractivity contribution >= 4 is 17.7 Å². The van der Waals surface area contributed by atoms with Crippen LogP contribution in [0, 0.1) is 21.4 Å². The van der Waals surface area contributed by atoms with E-state index >= 15 is 0 Å². The highest BCUT2D eigenvalue weighted by molar-refractivity contribution is 5.76. The molecule has 0 unspecified atom stereocenters. The van der Waals surface area contributed by atoms with Gasteiger partial charge in [0, 0.05) is 17.7 Å². The highest BCUT2D eigenvalue weighted by Crippen LogP contribution is 2.15. The van der Waals surface area contributed by atoms with E-state index < -0.39 is 10.9 Å². The second-order valence-electron chi connectivity index (χ2n) is 3.38. The Morgan fingerprint density at radius 1 is 1.50 bits per heavy atom. The number of carbonyl (C=O) groups excluding carboxylic acids is 1. The van der Waals surface area contributed by atoms with Gasteiger partial charge < -0.3 is 4.74 Å². The van der Waals surface area contributed by atoms with Crippen LogP contribution < -0.4 is 0 Å². The lowest BCUT2D eigenvalue weighted by atomic mass is 10.1. The van der Waals surface area contributed by atoms with Crippen LogP contribution in [-0.2, 0) is 9.53 Å². The minimum absolute atomic E-state index is 0.0291. The van der Waals surface area contributed by atoms with Gasteiger partial charge in [-0.3, -0.25) is 14.9 Å². The van der Waals surface area contributed by atoms with Crippen molar-refractivity contribution in [3.8, 4) is 6.07 Å². The average Bonchev–Trinajstić information content (AvgIpc) is 2.38. The van der Waals surface area contributed by atoms with Gasteiger partial charge in [0.2, 0.25) is 0 Å². The second-order valence-corrected chi connectivity index (χ2v) is 3.38. The summed E-state index contributed by atoms with van der Waals surface area (Å²) in [6.45, 7) is 0. The second kappa shape index (κ2) is 6.15. The number of esters is 1. The van der Waals surface area contributed by atoms with Crippen LogP contribution in [0.3, 0.4) is 0 Å². The van der Waals surface area contributed by atoms with Crippen molar-refractivity contribution in [3.63, 3.8) is 0 Å². The van der Waals surface area contributed by atoms with Crippen LogP contribution in [0.5, 0.6) is 0 Å². The number of hydrogen-bond acceptors (Lipinski definition) is 5. The highest BCUT2D eigenvalue weighted by atomic mass is 16.6. The molecule has 0 aliphatic rings. The SMILES string of the molecule is COC(=O)C/C(C#N)=C/c1ccc([N+](=O)[O-])cc1. The zero-order chi connectivity index (χ0) is 13.5. The monoisotopic (exact) mass is 246 g/mol. The first kappa shape index (κ1) is 13.4. The third kappa shape index (κ3) is 3.72. The molecule has 1 aromatic carbocycles. The summed E-state index contributed by atoms with van der Waals surface area (Å²) in [5.41, 5.74) is 0.815. The number of carbonyl (C=O) groups is 1. The Hall–Kier alpha value is -2.68. The van der Waals surface area contributed by atoms with Crippen molar-refractivity contribution in [2.75, 3.05) is 7.11 Å². The molecule has 0 aliphatic carbocycles. The van der Waals surface area contributed by atoms with E-state index in [0.29, 0.717) is 5.56 Å². The maximum atomic E-state index is 11.0. The summed E-state index contributed by atoms with van der Waals surface area (Å²) in [7, 11) is 1.24. The predicted molar refractivity (Wildman–Crippen MR) is 63.3 cm³/mol. The number of ether oxygens (including phenoxy) is 1. The van der Waals surface area contributed by atoms with Crippen molar-refractivity contribution in [1.82, 2.24) is 0 Å². The van der Waals surface area contributed by atoms with Gasteiger partial charge in [-0.2, -0.15) is 5.26 Å². The van der Waals surface area contributed by atoms with E-state index in [2.05, 4.69) is 4.74 Å². The molecule has 1 rings (SSSR count). The number of methoxy groups -OCH3 is 1. The molecule has 0 aromatic heterocycles. The lowest BCUT2D eigenvalue weighted by molar-refractivity contribution is -0.384. The Morgan fingerprint density at radius 2 is 2.11 bits per heavy atom. The largest absolute Gasteiger partial charge is 0.469 e. The molecule has 0 atom stereocenters. The Balaban J connectivity index is 2.90. The molecule has 18 heavy (non-hydrogen) atoms. The van der Waals surface area contributed by atoms with Gasteiger partial charge >= 0.3 is 5.97 Å². The fourth-order valence-corrected chi connectivity index (χ4v) is 1.24. The van der Waals surface area contributed by atoms with Crippen LogP contribution in [0.15, 0.2) is 29.8 Å². The van der Waals surface area contributed by atoms with Gasteiger partial charge in [0.15, 0.2) is 0 Å². The highest BCUT2D eigenvalue weighted by Gasteiger charge is 2.07. The number of nitrogens with zero attached hydrogens (tertiary/aromatic N) is 2. The van der Waals surface area contributed by atoms with Crippen LogP contribution in [-0.4, -0.2) is 18.0 Å². The van der Waals surface area contributed by atoms with Crippen LogP contribution >= 0.6 is 0 Å². The molecule has 0 saturated heterocycles.